The normalized spacial score (nSPS) is 42.5. The molecule has 128 valence electrons. The van der Waals surface area contributed by atoms with Crippen LogP contribution in [0.15, 0.2) is 12.1 Å². The van der Waals surface area contributed by atoms with Crippen molar-refractivity contribution >= 4 is 0 Å². The number of aromatic hydroxyl groups is 1. The molecule has 1 aromatic carbocycles. The summed E-state index contributed by atoms with van der Waals surface area (Å²) in [5.41, 5.74) is 2.53. The van der Waals surface area contributed by atoms with E-state index in [0.29, 0.717) is 17.7 Å². The number of phenols is 1. The Morgan fingerprint density at radius 2 is 2.08 bits per heavy atom. The maximum atomic E-state index is 10.7. The second kappa shape index (κ2) is 4.47. The van der Waals surface area contributed by atoms with Crippen LogP contribution in [0.2, 0.25) is 0 Å². The van der Waals surface area contributed by atoms with Gasteiger partial charge in [0, 0.05) is 23.6 Å². The van der Waals surface area contributed by atoms with Gasteiger partial charge < -0.3 is 14.9 Å². The minimum absolute atomic E-state index is 0.0654. The summed E-state index contributed by atoms with van der Waals surface area (Å²) in [5, 5.41) is 21.0. The molecule has 0 aromatic heterocycles. The van der Waals surface area contributed by atoms with E-state index in [2.05, 4.69) is 11.0 Å². The molecule has 1 saturated heterocycles. The molecule has 0 amide bonds. The zero-order chi connectivity index (χ0) is 16.1. The summed E-state index contributed by atoms with van der Waals surface area (Å²) in [6, 6.07) is 4.48. The number of benzene rings is 1. The van der Waals surface area contributed by atoms with E-state index in [1.165, 1.54) is 30.5 Å². The second-order valence-corrected chi connectivity index (χ2v) is 8.74. The van der Waals surface area contributed by atoms with Crippen LogP contribution in [0.3, 0.4) is 0 Å². The van der Waals surface area contributed by atoms with Gasteiger partial charge in [-0.1, -0.05) is 6.07 Å². The first-order chi connectivity index (χ1) is 11.7. The predicted octanol–water partition coefficient (Wildman–Crippen LogP) is 2.20. The fourth-order valence-corrected chi connectivity index (χ4v) is 6.46. The fraction of sp³-hybridized carbons (Fsp3) is 0.700. The number of aliphatic hydroxyl groups is 1. The molecule has 3 aliphatic carbocycles. The highest BCUT2D eigenvalue weighted by atomic mass is 16.5. The van der Waals surface area contributed by atoms with E-state index in [4.69, 9.17) is 4.74 Å². The van der Waals surface area contributed by atoms with E-state index < -0.39 is 6.10 Å². The first-order valence-electron chi connectivity index (χ1n) is 9.62. The van der Waals surface area contributed by atoms with Crippen LogP contribution in [0.25, 0.3) is 0 Å². The van der Waals surface area contributed by atoms with Crippen molar-refractivity contribution in [3.63, 3.8) is 0 Å². The zero-order valence-electron chi connectivity index (χ0n) is 13.9. The molecule has 0 radical (unpaired) electrons. The van der Waals surface area contributed by atoms with Crippen molar-refractivity contribution in [2.45, 2.75) is 62.2 Å². The first kappa shape index (κ1) is 14.0. The minimum Gasteiger partial charge on any atom is -0.504 e. The standard InChI is InChI=1S/C20H25NO3/c22-15-5-3-12-9-14-13-4-6-16(23)19-20(13,17(12)18(15)24-19)7-8-21(14)10-11-1-2-11/h3,5,11,13-14,16,19,22-23H,1-2,4,6-10H2/t13?,14?,16-,19?,20?/m0/s1. The lowest BCUT2D eigenvalue weighted by Crippen LogP contribution is -2.67. The molecule has 2 bridgehead atoms. The Bertz CT molecular complexity index is 715. The van der Waals surface area contributed by atoms with Gasteiger partial charge in [-0.05, 0) is 68.5 Å². The van der Waals surface area contributed by atoms with Gasteiger partial charge in [0.25, 0.3) is 0 Å². The average Bonchev–Trinajstić information content (AvgIpc) is 3.32. The number of rotatable bonds is 2. The molecule has 2 aliphatic heterocycles. The third kappa shape index (κ3) is 1.57. The zero-order valence-corrected chi connectivity index (χ0v) is 13.9. The van der Waals surface area contributed by atoms with Crippen LogP contribution in [-0.2, 0) is 11.8 Å². The number of aliphatic hydroxyl groups excluding tert-OH is 1. The summed E-state index contributed by atoms with van der Waals surface area (Å²) in [5.74, 6) is 2.41. The van der Waals surface area contributed by atoms with E-state index in [-0.39, 0.29) is 17.3 Å². The van der Waals surface area contributed by atoms with Gasteiger partial charge in [-0.15, -0.1) is 0 Å². The van der Waals surface area contributed by atoms with Gasteiger partial charge in [-0.25, -0.2) is 0 Å². The Balaban J connectivity index is 1.52. The van der Waals surface area contributed by atoms with E-state index in [9.17, 15) is 10.2 Å². The third-order valence-corrected chi connectivity index (χ3v) is 7.59. The summed E-state index contributed by atoms with van der Waals surface area (Å²) in [4.78, 5) is 2.75. The molecule has 5 atom stereocenters. The van der Waals surface area contributed by atoms with Gasteiger partial charge >= 0.3 is 0 Å². The Labute approximate surface area is 142 Å². The van der Waals surface area contributed by atoms with Crippen molar-refractivity contribution in [2.24, 2.45) is 11.8 Å². The Morgan fingerprint density at radius 1 is 1.21 bits per heavy atom. The molecule has 1 spiro atoms. The SMILES string of the molecule is Oc1ccc2c3c1OC1[C@@H](O)CCC4C(C2)N(CC2CC2)CCC341. The molecule has 2 heterocycles. The summed E-state index contributed by atoms with van der Waals surface area (Å²) in [6.45, 7) is 2.37. The minimum atomic E-state index is -0.408. The van der Waals surface area contributed by atoms with Crippen molar-refractivity contribution in [1.29, 1.82) is 0 Å². The number of hydrogen-bond acceptors (Lipinski definition) is 4. The number of likely N-dealkylation sites (tertiary alicyclic amines) is 1. The van der Waals surface area contributed by atoms with E-state index in [1.807, 2.05) is 0 Å². The molecule has 5 aliphatic rings. The van der Waals surface area contributed by atoms with Crippen LogP contribution in [-0.4, -0.2) is 46.5 Å². The number of hydrogen-bond donors (Lipinski definition) is 2. The predicted molar refractivity (Wildman–Crippen MR) is 89.3 cm³/mol. The molecule has 4 unspecified atom stereocenters. The third-order valence-electron chi connectivity index (χ3n) is 7.59. The van der Waals surface area contributed by atoms with Crippen molar-refractivity contribution in [3.8, 4) is 11.5 Å². The van der Waals surface area contributed by atoms with E-state index >= 15 is 0 Å². The Kier molecular flexibility index (Phi) is 2.60. The van der Waals surface area contributed by atoms with Crippen LogP contribution in [0.4, 0.5) is 0 Å². The molecule has 2 N–H and O–H groups in total. The molecule has 2 saturated carbocycles. The number of nitrogens with zero attached hydrogens (tertiary/aromatic N) is 1. The molecule has 3 fully saturated rings. The summed E-state index contributed by atoms with van der Waals surface area (Å²) in [6.07, 6.45) is 6.28. The highest BCUT2D eigenvalue weighted by Gasteiger charge is 2.65. The molecular weight excluding hydrogens is 302 g/mol. The molecule has 4 nitrogen and oxygen atoms in total. The number of ether oxygens (including phenoxy) is 1. The maximum absolute atomic E-state index is 10.7. The monoisotopic (exact) mass is 327 g/mol. The van der Waals surface area contributed by atoms with Crippen molar-refractivity contribution < 1.29 is 14.9 Å². The lowest BCUT2D eigenvalue weighted by molar-refractivity contribution is -0.105. The van der Waals surface area contributed by atoms with Crippen LogP contribution >= 0.6 is 0 Å². The van der Waals surface area contributed by atoms with Gasteiger partial charge in [0.1, 0.15) is 6.10 Å². The number of phenolic OH excluding ortho intramolecular Hbond substituents is 1. The van der Waals surface area contributed by atoms with Gasteiger partial charge in [-0.2, -0.15) is 0 Å². The summed E-state index contributed by atoms with van der Waals surface area (Å²) < 4.78 is 6.23. The molecule has 6 rings (SSSR count). The van der Waals surface area contributed by atoms with Crippen LogP contribution in [0, 0.1) is 11.8 Å². The fourth-order valence-electron chi connectivity index (χ4n) is 6.46. The number of piperidine rings is 1. The summed E-state index contributed by atoms with van der Waals surface area (Å²) >= 11 is 0. The van der Waals surface area contributed by atoms with Crippen LogP contribution in [0.5, 0.6) is 11.5 Å². The van der Waals surface area contributed by atoms with E-state index in [1.54, 1.807) is 6.07 Å². The second-order valence-electron chi connectivity index (χ2n) is 8.74. The average molecular weight is 327 g/mol. The topological polar surface area (TPSA) is 52.9 Å². The Hall–Kier alpha value is -1.26. The van der Waals surface area contributed by atoms with Gasteiger partial charge in [0.2, 0.25) is 0 Å². The molecular formula is C20H25NO3. The first-order valence-corrected chi connectivity index (χ1v) is 9.62. The van der Waals surface area contributed by atoms with Gasteiger partial charge in [-0.3, -0.25) is 4.90 Å². The molecule has 1 aromatic rings. The molecule has 4 heteroatoms. The highest BCUT2D eigenvalue weighted by molar-refractivity contribution is 5.60. The summed E-state index contributed by atoms with van der Waals surface area (Å²) in [7, 11) is 0. The van der Waals surface area contributed by atoms with Gasteiger partial charge in [0.15, 0.2) is 11.5 Å². The van der Waals surface area contributed by atoms with Crippen LogP contribution in [0.1, 0.15) is 43.2 Å². The largest absolute Gasteiger partial charge is 0.504 e. The van der Waals surface area contributed by atoms with E-state index in [0.717, 1.165) is 38.1 Å². The van der Waals surface area contributed by atoms with Crippen molar-refractivity contribution in [2.75, 3.05) is 13.1 Å². The van der Waals surface area contributed by atoms with Gasteiger partial charge in [0.05, 0.1) is 6.10 Å². The maximum Gasteiger partial charge on any atom is 0.165 e. The van der Waals surface area contributed by atoms with Crippen LogP contribution < -0.4 is 4.74 Å². The van der Waals surface area contributed by atoms with Crippen molar-refractivity contribution in [1.82, 2.24) is 4.90 Å². The molecule has 24 heavy (non-hydrogen) atoms. The van der Waals surface area contributed by atoms with Crippen molar-refractivity contribution in [3.05, 3.63) is 23.3 Å². The lowest BCUT2D eigenvalue weighted by Gasteiger charge is -2.59. The Morgan fingerprint density at radius 3 is 2.92 bits per heavy atom. The lowest BCUT2D eigenvalue weighted by atomic mass is 9.51. The smallest absolute Gasteiger partial charge is 0.165 e. The quantitative estimate of drug-likeness (QED) is 0.874. The highest BCUT2D eigenvalue weighted by Crippen LogP contribution is 2.63.